The maximum atomic E-state index is 6.11. The molecule has 4 rings (SSSR count). The average molecular weight is 316 g/mol. The number of para-hydroxylation sites is 1. The average Bonchev–Trinajstić information content (AvgIpc) is 2.86. The molecule has 0 unspecified atom stereocenters. The van der Waals surface area contributed by atoms with E-state index in [1.54, 1.807) is 0 Å². The van der Waals surface area contributed by atoms with Crippen LogP contribution in [-0.4, -0.2) is 16.8 Å². The third-order valence-corrected chi connectivity index (χ3v) is 4.31. The van der Waals surface area contributed by atoms with E-state index in [9.17, 15) is 0 Å². The maximum absolute atomic E-state index is 6.11. The van der Waals surface area contributed by atoms with Crippen molar-refractivity contribution in [1.82, 2.24) is 4.98 Å². The molecule has 0 atom stereocenters. The minimum Gasteiger partial charge on any atom is -0.487 e. The van der Waals surface area contributed by atoms with Crippen LogP contribution < -0.4 is 4.74 Å². The van der Waals surface area contributed by atoms with Gasteiger partial charge in [-0.2, -0.15) is 0 Å². The Labute approximate surface area is 142 Å². The van der Waals surface area contributed by atoms with E-state index in [0.29, 0.717) is 0 Å². The van der Waals surface area contributed by atoms with Gasteiger partial charge in [-0.05, 0) is 56.7 Å². The van der Waals surface area contributed by atoms with Gasteiger partial charge in [0.1, 0.15) is 11.4 Å². The fraction of sp³-hybridized carbons (Fsp3) is 0.238. The zero-order valence-corrected chi connectivity index (χ0v) is 14.2. The molecule has 24 heavy (non-hydrogen) atoms. The van der Waals surface area contributed by atoms with Gasteiger partial charge < -0.3 is 4.74 Å². The van der Waals surface area contributed by atoms with Crippen LogP contribution in [0.5, 0.6) is 5.75 Å². The number of aliphatic imine (C=N–C) groups is 1. The predicted molar refractivity (Wildman–Crippen MR) is 98.6 cm³/mol. The van der Waals surface area contributed by atoms with E-state index < -0.39 is 0 Å². The molecular weight excluding hydrogens is 296 g/mol. The monoisotopic (exact) mass is 316 g/mol. The van der Waals surface area contributed by atoms with Crippen molar-refractivity contribution < 1.29 is 4.74 Å². The minimum absolute atomic E-state index is 0.146. The molecule has 3 aromatic rings. The van der Waals surface area contributed by atoms with Gasteiger partial charge in [-0.1, -0.05) is 18.2 Å². The topological polar surface area (TPSA) is 34.5 Å². The van der Waals surface area contributed by atoms with Gasteiger partial charge in [-0.25, -0.2) is 0 Å². The van der Waals surface area contributed by atoms with Crippen LogP contribution in [0.2, 0.25) is 0 Å². The lowest BCUT2D eigenvalue weighted by atomic mass is 10.0. The molecular formula is C21H20N2O. The number of ether oxygens (including phenoxy) is 1. The van der Waals surface area contributed by atoms with Crippen molar-refractivity contribution in [3.63, 3.8) is 0 Å². The summed E-state index contributed by atoms with van der Waals surface area (Å²) in [5.41, 5.74) is 5.04. The molecule has 1 aromatic heterocycles. The van der Waals surface area contributed by atoms with Crippen LogP contribution in [0, 0.1) is 6.92 Å². The van der Waals surface area contributed by atoms with Crippen molar-refractivity contribution in [2.24, 2.45) is 4.99 Å². The van der Waals surface area contributed by atoms with E-state index in [-0.39, 0.29) is 5.60 Å². The van der Waals surface area contributed by atoms with E-state index in [2.05, 4.69) is 43.1 Å². The zero-order chi connectivity index (χ0) is 16.7. The molecule has 0 amide bonds. The lowest BCUT2D eigenvalue weighted by molar-refractivity contribution is 0.138. The van der Waals surface area contributed by atoms with Crippen LogP contribution >= 0.6 is 0 Å². The van der Waals surface area contributed by atoms with E-state index in [1.165, 1.54) is 5.56 Å². The summed E-state index contributed by atoms with van der Waals surface area (Å²) in [6.07, 6.45) is 2.83. The standard InChI is InChI=1S/C21H20N2O/c1-14-10-11-17-18(8-5-9-19(17)23-14)22-13-16-7-4-6-15-12-21(2,3)24-20(15)16/h4-11,13H,12H2,1-3H3. The highest BCUT2D eigenvalue weighted by Gasteiger charge is 2.31. The SMILES string of the molecule is Cc1ccc2c(N=Cc3cccc4c3OC(C)(C)C4)cccc2n1. The molecule has 0 bridgehead atoms. The molecule has 2 heterocycles. The number of pyridine rings is 1. The number of hydrogen-bond acceptors (Lipinski definition) is 3. The van der Waals surface area contributed by atoms with Crippen molar-refractivity contribution >= 4 is 22.8 Å². The second-order valence-corrected chi connectivity index (χ2v) is 6.93. The summed E-state index contributed by atoms with van der Waals surface area (Å²) in [5, 5.41) is 1.06. The summed E-state index contributed by atoms with van der Waals surface area (Å²) in [5.74, 6) is 0.959. The first kappa shape index (κ1) is 14.9. The molecule has 120 valence electrons. The third kappa shape index (κ3) is 2.67. The number of aromatic nitrogens is 1. The number of rotatable bonds is 2. The highest BCUT2D eigenvalue weighted by molar-refractivity contribution is 5.94. The Morgan fingerprint density at radius 3 is 2.79 bits per heavy atom. The molecule has 3 nitrogen and oxygen atoms in total. The van der Waals surface area contributed by atoms with Crippen LogP contribution in [0.4, 0.5) is 5.69 Å². The molecule has 0 saturated carbocycles. The third-order valence-electron chi connectivity index (χ3n) is 4.31. The van der Waals surface area contributed by atoms with Crippen LogP contribution in [0.25, 0.3) is 10.9 Å². The van der Waals surface area contributed by atoms with Crippen molar-refractivity contribution in [3.8, 4) is 5.75 Å². The van der Waals surface area contributed by atoms with Crippen LogP contribution in [-0.2, 0) is 6.42 Å². The zero-order valence-electron chi connectivity index (χ0n) is 14.2. The van der Waals surface area contributed by atoms with Gasteiger partial charge in [0, 0.05) is 29.3 Å². The Morgan fingerprint density at radius 2 is 1.92 bits per heavy atom. The Kier molecular flexibility index (Phi) is 3.38. The van der Waals surface area contributed by atoms with Gasteiger partial charge in [0.25, 0.3) is 0 Å². The number of hydrogen-bond donors (Lipinski definition) is 0. The van der Waals surface area contributed by atoms with Crippen molar-refractivity contribution in [1.29, 1.82) is 0 Å². The van der Waals surface area contributed by atoms with Crippen LogP contribution in [0.3, 0.4) is 0 Å². The molecule has 0 aliphatic carbocycles. The minimum atomic E-state index is -0.146. The second-order valence-electron chi connectivity index (χ2n) is 6.93. The first-order valence-corrected chi connectivity index (χ1v) is 8.23. The van der Waals surface area contributed by atoms with Gasteiger partial charge in [0.05, 0.1) is 11.2 Å². The predicted octanol–water partition coefficient (Wildman–Crippen LogP) is 5.01. The highest BCUT2D eigenvalue weighted by atomic mass is 16.5. The molecule has 0 spiro atoms. The summed E-state index contributed by atoms with van der Waals surface area (Å²) in [6.45, 7) is 6.24. The first-order chi connectivity index (χ1) is 11.5. The Balaban J connectivity index is 1.74. The Morgan fingerprint density at radius 1 is 1.08 bits per heavy atom. The molecule has 0 radical (unpaired) electrons. The van der Waals surface area contributed by atoms with Gasteiger partial charge in [-0.15, -0.1) is 0 Å². The smallest absolute Gasteiger partial charge is 0.132 e. The molecule has 2 aromatic carbocycles. The van der Waals surface area contributed by atoms with Crippen LogP contribution in [0.1, 0.15) is 30.7 Å². The quantitative estimate of drug-likeness (QED) is 0.623. The second kappa shape index (κ2) is 5.45. The number of benzene rings is 2. The number of nitrogens with zero attached hydrogens (tertiary/aromatic N) is 2. The van der Waals surface area contributed by atoms with Gasteiger partial charge in [0.2, 0.25) is 0 Å². The highest BCUT2D eigenvalue weighted by Crippen LogP contribution is 2.37. The van der Waals surface area contributed by atoms with E-state index in [0.717, 1.165) is 40.0 Å². The lowest BCUT2D eigenvalue weighted by Crippen LogP contribution is -2.24. The largest absolute Gasteiger partial charge is 0.487 e. The van der Waals surface area contributed by atoms with Crippen molar-refractivity contribution in [2.45, 2.75) is 32.8 Å². The fourth-order valence-electron chi connectivity index (χ4n) is 3.23. The molecule has 0 N–H and O–H groups in total. The summed E-state index contributed by atoms with van der Waals surface area (Å²) in [7, 11) is 0. The summed E-state index contributed by atoms with van der Waals surface area (Å²) in [4.78, 5) is 9.28. The van der Waals surface area contributed by atoms with Gasteiger partial charge in [-0.3, -0.25) is 9.98 Å². The molecule has 1 aliphatic heterocycles. The van der Waals surface area contributed by atoms with E-state index >= 15 is 0 Å². The van der Waals surface area contributed by atoms with Crippen LogP contribution in [0.15, 0.2) is 53.5 Å². The lowest BCUT2D eigenvalue weighted by Gasteiger charge is -2.17. The molecule has 0 saturated heterocycles. The number of fused-ring (bicyclic) bond motifs is 2. The molecule has 0 fully saturated rings. The molecule has 3 heteroatoms. The number of aryl methyl sites for hydroxylation is 1. The Bertz CT molecular complexity index is 957. The van der Waals surface area contributed by atoms with Gasteiger partial charge >= 0.3 is 0 Å². The normalized spacial score (nSPS) is 15.6. The fourth-order valence-corrected chi connectivity index (χ4v) is 3.23. The van der Waals surface area contributed by atoms with E-state index in [4.69, 9.17) is 9.73 Å². The maximum Gasteiger partial charge on any atom is 0.132 e. The summed E-state index contributed by atoms with van der Waals surface area (Å²) in [6, 6.07) is 16.4. The van der Waals surface area contributed by atoms with Crippen molar-refractivity contribution in [2.75, 3.05) is 0 Å². The first-order valence-electron chi connectivity index (χ1n) is 8.23. The molecule has 1 aliphatic rings. The summed E-state index contributed by atoms with van der Waals surface area (Å²) >= 11 is 0. The Hall–Kier alpha value is -2.68. The van der Waals surface area contributed by atoms with E-state index in [1.807, 2.05) is 37.4 Å². The van der Waals surface area contributed by atoms with Gasteiger partial charge in [0.15, 0.2) is 0 Å². The summed E-state index contributed by atoms with van der Waals surface area (Å²) < 4.78 is 6.11. The van der Waals surface area contributed by atoms with Crippen molar-refractivity contribution in [3.05, 3.63) is 65.4 Å².